The number of amides is 1. The highest BCUT2D eigenvalue weighted by molar-refractivity contribution is 7.92. The van der Waals surface area contributed by atoms with Crippen molar-refractivity contribution < 1.29 is 17.7 Å². The molecule has 0 spiro atoms. The molecule has 8 nitrogen and oxygen atoms in total. The van der Waals surface area contributed by atoms with Gasteiger partial charge in [-0.3, -0.25) is 9.10 Å². The average Bonchev–Trinajstić information content (AvgIpc) is 3.14. The van der Waals surface area contributed by atoms with Crippen LogP contribution in [0.2, 0.25) is 0 Å². The first-order valence-electron chi connectivity index (χ1n) is 9.38. The predicted octanol–water partition coefficient (Wildman–Crippen LogP) is 2.82. The van der Waals surface area contributed by atoms with Gasteiger partial charge >= 0.3 is 0 Å². The molecule has 3 rings (SSSR count). The maximum Gasteiger partial charge on any atom is 0.246 e. The molecular formula is C21H24N4O4S. The Kier molecular flexibility index (Phi) is 6.21. The van der Waals surface area contributed by atoms with E-state index in [4.69, 9.17) is 4.52 Å². The van der Waals surface area contributed by atoms with Crippen molar-refractivity contribution in [3.8, 4) is 11.4 Å². The summed E-state index contributed by atoms with van der Waals surface area (Å²) in [6.07, 6.45) is 1.07. The first-order chi connectivity index (χ1) is 14.1. The molecule has 1 aromatic heterocycles. The van der Waals surface area contributed by atoms with Gasteiger partial charge in [-0.2, -0.15) is 4.98 Å². The summed E-state index contributed by atoms with van der Waals surface area (Å²) in [5.74, 6) is 0.180. The van der Waals surface area contributed by atoms with Gasteiger partial charge in [-0.25, -0.2) is 8.42 Å². The second kappa shape index (κ2) is 8.66. The molecule has 9 heteroatoms. The number of rotatable bonds is 7. The number of carbonyl (C=O) groups is 1. The fourth-order valence-corrected chi connectivity index (χ4v) is 4.28. The molecule has 0 aliphatic rings. The Hall–Kier alpha value is -3.20. The molecule has 0 bridgehead atoms. The summed E-state index contributed by atoms with van der Waals surface area (Å²) < 4.78 is 31.0. The van der Waals surface area contributed by atoms with Crippen molar-refractivity contribution >= 4 is 21.6 Å². The number of nitrogens with zero attached hydrogens (tertiary/aromatic N) is 3. The van der Waals surface area contributed by atoms with Crippen molar-refractivity contribution in [2.45, 2.75) is 33.4 Å². The molecule has 0 aliphatic carbocycles. The van der Waals surface area contributed by atoms with Crippen LogP contribution in [-0.2, 0) is 21.4 Å². The SMILES string of the molecule is Cc1cccc(-c2noc(CNC(=O)[C@@H](C)N(c3cccc(C)c3)S(C)(=O)=O)n2)c1. The van der Waals surface area contributed by atoms with Gasteiger partial charge in [0.1, 0.15) is 6.04 Å². The highest BCUT2D eigenvalue weighted by atomic mass is 32.2. The van der Waals surface area contributed by atoms with Gasteiger partial charge in [-0.15, -0.1) is 0 Å². The Bertz CT molecular complexity index is 1160. The summed E-state index contributed by atoms with van der Waals surface area (Å²) >= 11 is 0. The standard InChI is InChI=1S/C21H24N4O4S/c1-14-7-5-9-17(11-14)20-23-19(29-24-20)13-22-21(26)16(3)25(30(4,27)28)18-10-6-8-15(2)12-18/h5-12,16H,13H2,1-4H3,(H,22,26)/t16-/m1/s1. The third-order valence-electron chi connectivity index (χ3n) is 4.50. The van der Waals surface area contributed by atoms with E-state index in [0.29, 0.717) is 11.5 Å². The van der Waals surface area contributed by atoms with Gasteiger partial charge in [0, 0.05) is 5.56 Å². The minimum Gasteiger partial charge on any atom is -0.345 e. The van der Waals surface area contributed by atoms with Gasteiger partial charge in [-0.05, 0) is 44.5 Å². The largest absolute Gasteiger partial charge is 0.345 e. The van der Waals surface area contributed by atoms with Crippen molar-refractivity contribution in [2.24, 2.45) is 0 Å². The first kappa shape index (κ1) is 21.5. The summed E-state index contributed by atoms with van der Waals surface area (Å²) in [5, 5.41) is 6.61. The second-order valence-corrected chi connectivity index (χ2v) is 9.03. The summed E-state index contributed by atoms with van der Waals surface area (Å²) in [5.41, 5.74) is 3.20. The van der Waals surface area contributed by atoms with Crippen LogP contribution in [0, 0.1) is 13.8 Å². The van der Waals surface area contributed by atoms with Crippen LogP contribution in [-0.4, -0.2) is 36.8 Å². The molecule has 1 atom stereocenters. The van der Waals surface area contributed by atoms with E-state index >= 15 is 0 Å². The Morgan fingerprint density at radius 2 is 1.80 bits per heavy atom. The van der Waals surface area contributed by atoms with Gasteiger partial charge in [0.05, 0.1) is 18.5 Å². The smallest absolute Gasteiger partial charge is 0.246 e. The molecule has 1 N–H and O–H groups in total. The minimum atomic E-state index is -3.68. The lowest BCUT2D eigenvalue weighted by atomic mass is 10.1. The molecule has 1 heterocycles. The zero-order valence-corrected chi connectivity index (χ0v) is 18.1. The third-order valence-corrected chi connectivity index (χ3v) is 5.74. The lowest BCUT2D eigenvalue weighted by Crippen LogP contribution is -2.47. The Morgan fingerprint density at radius 1 is 1.13 bits per heavy atom. The van der Waals surface area contributed by atoms with Gasteiger partial charge in [0.25, 0.3) is 0 Å². The van der Waals surface area contributed by atoms with E-state index in [-0.39, 0.29) is 12.4 Å². The van der Waals surface area contributed by atoms with Crippen LogP contribution in [0.25, 0.3) is 11.4 Å². The van der Waals surface area contributed by atoms with Gasteiger partial charge in [0.15, 0.2) is 0 Å². The molecule has 0 saturated carbocycles. The molecular weight excluding hydrogens is 404 g/mol. The number of aromatic nitrogens is 2. The molecule has 0 radical (unpaired) electrons. The summed E-state index contributed by atoms with van der Waals surface area (Å²) in [6, 6.07) is 13.7. The van der Waals surface area contributed by atoms with Crippen molar-refractivity contribution in [3.63, 3.8) is 0 Å². The van der Waals surface area contributed by atoms with Gasteiger partial charge in [0.2, 0.25) is 27.6 Å². The number of carbonyl (C=O) groups excluding carboxylic acids is 1. The van der Waals surface area contributed by atoms with E-state index in [9.17, 15) is 13.2 Å². The van der Waals surface area contributed by atoms with E-state index < -0.39 is 22.0 Å². The Labute approximate surface area is 176 Å². The summed E-state index contributed by atoms with van der Waals surface area (Å²) in [6.45, 7) is 5.35. The molecule has 158 valence electrons. The molecule has 0 unspecified atom stereocenters. The number of anilines is 1. The number of hydrogen-bond donors (Lipinski definition) is 1. The molecule has 2 aromatic carbocycles. The van der Waals surface area contributed by atoms with Crippen LogP contribution < -0.4 is 9.62 Å². The average molecular weight is 429 g/mol. The predicted molar refractivity (Wildman–Crippen MR) is 114 cm³/mol. The van der Waals surface area contributed by atoms with E-state index in [1.165, 1.54) is 6.92 Å². The number of aryl methyl sites for hydroxylation is 2. The Balaban J connectivity index is 1.72. The quantitative estimate of drug-likeness (QED) is 0.620. The highest BCUT2D eigenvalue weighted by Crippen LogP contribution is 2.22. The van der Waals surface area contributed by atoms with E-state index in [1.54, 1.807) is 18.2 Å². The number of sulfonamides is 1. The van der Waals surface area contributed by atoms with Crippen LogP contribution in [0.4, 0.5) is 5.69 Å². The fourth-order valence-electron chi connectivity index (χ4n) is 3.11. The minimum absolute atomic E-state index is 0.00654. The van der Waals surface area contributed by atoms with Crippen LogP contribution in [0.15, 0.2) is 53.1 Å². The molecule has 0 aliphatic heterocycles. The first-order valence-corrected chi connectivity index (χ1v) is 11.2. The summed E-state index contributed by atoms with van der Waals surface area (Å²) in [4.78, 5) is 17.0. The highest BCUT2D eigenvalue weighted by Gasteiger charge is 2.29. The maximum absolute atomic E-state index is 12.7. The monoisotopic (exact) mass is 428 g/mol. The Morgan fingerprint density at radius 3 is 2.43 bits per heavy atom. The summed E-state index contributed by atoms with van der Waals surface area (Å²) in [7, 11) is -3.68. The van der Waals surface area contributed by atoms with Gasteiger partial charge in [-0.1, -0.05) is 41.1 Å². The normalized spacial score (nSPS) is 12.4. The zero-order valence-electron chi connectivity index (χ0n) is 17.3. The molecule has 1 amide bonds. The van der Waals surface area contributed by atoms with Crippen molar-refractivity contribution in [1.82, 2.24) is 15.5 Å². The van der Waals surface area contributed by atoms with Crippen molar-refractivity contribution in [1.29, 1.82) is 0 Å². The topological polar surface area (TPSA) is 105 Å². The maximum atomic E-state index is 12.7. The van der Waals surface area contributed by atoms with Crippen LogP contribution in [0.5, 0.6) is 0 Å². The fraction of sp³-hybridized carbons (Fsp3) is 0.286. The number of benzene rings is 2. The van der Waals surface area contributed by atoms with Crippen LogP contribution in [0.3, 0.4) is 0 Å². The number of hydrogen-bond acceptors (Lipinski definition) is 6. The van der Waals surface area contributed by atoms with Gasteiger partial charge < -0.3 is 9.84 Å². The van der Waals surface area contributed by atoms with E-state index in [0.717, 1.165) is 27.3 Å². The van der Waals surface area contributed by atoms with Crippen LogP contribution >= 0.6 is 0 Å². The van der Waals surface area contributed by atoms with Crippen LogP contribution in [0.1, 0.15) is 23.9 Å². The van der Waals surface area contributed by atoms with E-state index in [2.05, 4.69) is 15.5 Å². The second-order valence-electron chi connectivity index (χ2n) is 7.17. The molecule has 3 aromatic rings. The molecule has 0 fully saturated rings. The van der Waals surface area contributed by atoms with E-state index in [1.807, 2.05) is 44.2 Å². The molecule has 30 heavy (non-hydrogen) atoms. The lowest BCUT2D eigenvalue weighted by Gasteiger charge is -2.28. The molecule has 0 saturated heterocycles. The van der Waals surface area contributed by atoms with Crippen molar-refractivity contribution in [2.75, 3.05) is 10.6 Å². The third kappa shape index (κ3) is 5.04. The lowest BCUT2D eigenvalue weighted by molar-refractivity contribution is -0.122. The number of nitrogens with one attached hydrogen (secondary N) is 1. The zero-order chi connectivity index (χ0) is 21.9. The van der Waals surface area contributed by atoms with Crippen molar-refractivity contribution in [3.05, 3.63) is 65.5 Å².